The molecule has 0 bridgehead atoms. The molecule has 1 amide bonds. The highest BCUT2D eigenvalue weighted by atomic mass is 16.6. The first kappa shape index (κ1) is 43.0. The van der Waals surface area contributed by atoms with Gasteiger partial charge < -0.3 is 62.2 Å². The second kappa shape index (κ2) is 40.0. The predicted octanol–water partition coefficient (Wildman–Crippen LogP) is 1.12. The third kappa shape index (κ3) is 39.0. The topological polar surface area (TPSA) is 140 Å². The molecule has 0 aliphatic rings. The van der Waals surface area contributed by atoms with Crippen molar-refractivity contribution in [1.82, 2.24) is 5.32 Å². The molecule has 0 radical (unpaired) electrons. The Morgan fingerprint density at radius 2 is 0.659 bits per heavy atom. The fourth-order valence-corrected chi connectivity index (χ4v) is 3.10. The number of nitrogens with one attached hydrogen (secondary N) is 1. The van der Waals surface area contributed by atoms with E-state index in [1.807, 2.05) is 0 Å². The van der Waals surface area contributed by atoms with Crippen molar-refractivity contribution in [2.45, 2.75) is 26.2 Å². The molecule has 14 nitrogen and oxygen atoms in total. The Morgan fingerprint density at radius 1 is 0.409 bits per heavy atom. The van der Waals surface area contributed by atoms with Gasteiger partial charge in [0.05, 0.1) is 152 Å². The zero-order chi connectivity index (χ0) is 31.9. The van der Waals surface area contributed by atoms with Crippen molar-refractivity contribution < 1.29 is 61.6 Å². The molecule has 44 heavy (non-hydrogen) atoms. The van der Waals surface area contributed by atoms with Crippen molar-refractivity contribution in [3.63, 3.8) is 0 Å². The standard InChI is InChI=1S/C30H61NO13/c1-3-4-6-31-30(32)5-7-34-10-11-36-14-15-38-18-19-40-22-23-42-26-27-44-29-28-43-25-24-41-21-20-39-17-16-37-13-12-35-9-8-33-2/h3-29H2,1-2H3,(H,31,32). The lowest BCUT2D eigenvalue weighted by atomic mass is 10.3. The van der Waals surface area contributed by atoms with Crippen molar-refractivity contribution in [3.05, 3.63) is 0 Å². The summed E-state index contributed by atoms with van der Waals surface area (Å²) in [6, 6.07) is 0. The maximum atomic E-state index is 11.5. The van der Waals surface area contributed by atoms with Crippen LogP contribution >= 0.6 is 0 Å². The first-order valence-corrected chi connectivity index (χ1v) is 15.9. The molecule has 0 fully saturated rings. The molecule has 0 spiro atoms. The third-order valence-electron chi connectivity index (χ3n) is 5.48. The minimum absolute atomic E-state index is 0.0280. The van der Waals surface area contributed by atoms with E-state index in [4.69, 9.17) is 56.8 Å². The van der Waals surface area contributed by atoms with Gasteiger partial charge in [-0.3, -0.25) is 4.79 Å². The lowest BCUT2D eigenvalue weighted by Crippen LogP contribution is -2.25. The number of rotatable bonds is 39. The van der Waals surface area contributed by atoms with Crippen LogP contribution in [0.25, 0.3) is 0 Å². The van der Waals surface area contributed by atoms with Crippen molar-refractivity contribution in [2.75, 3.05) is 166 Å². The van der Waals surface area contributed by atoms with E-state index in [0.717, 1.165) is 19.4 Å². The molecule has 0 heterocycles. The van der Waals surface area contributed by atoms with E-state index in [1.165, 1.54) is 0 Å². The van der Waals surface area contributed by atoms with Crippen LogP contribution in [0.3, 0.4) is 0 Å². The monoisotopic (exact) mass is 643 g/mol. The number of unbranched alkanes of at least 4 members (excludes halogenated alkanes) is 1. The Balaban J connectivity index is 3.07. The molecule has 0 unspecified atom stereocenters. The fourth-order valence-electron chi connectivity index (χ4n) is 3.10. The minimum atomic E-state index is 0.0280. The zero-order valence-corrected chi connectivity index (χ0v) is 27.4. The van der Waals surface area contributed by atoms with E-state index in [9.17, 15) is 4.79 Å². The molecule has 0 saturated heterocycles. The maximum absolute atomic E-state index is 11.5. The summed E-state index contributed by atoms with van der Waals surface area (Å²) in [4.78, 5) is 11.5. The summed E-state index contributed by atoms with van der Waals surface area (Å²) in [5.41, 5.74) is 0. The summed E-state index contributed by atoms with van der Waals surface area (Å²) in [5, 5.41) is 2.86. The molecule has 0 saturated carbocycles. The third-order valence-corrected chi connectivity index (χ3v) is 5.48. The fraction of sp³-hybridized carbons (Fsp3) is 0.967. The first-order valence-electron chi connectivity index (χ1n) is 15.9. The molecule has 14 heteroatoms. The van der Waals surface area contributed by atoms with E-state index < -0.39 is 0 Å². The van der Waals surface area contributed by atoms with Crippen molar-refractivity contribution in [2.24, 2.45) is 0 Å². The second-order valence-corrected chi connectivity index (χ2v) is 9.18. The Labute approximate surface area is 264 Å². The summed E-state index contributed by atoms with van der Waals surface area (Å²) in [5.74, 6) is 0.0280. The van der Waals surface area contributed by atoms with Gasteiger partial charge in [0.15, 0.2) is 0 Å². The maximum Gasteiger partial charge on any atom is 0.222 e. The van der Waals surface area contributed by atoms with E-state index in [1.54, 1.807) is 7.11 Å². The van der Waals surface area contributed by atoms with Gasteiger partial charge in [0.2, 0.25) is 5.91 Å². The van der Waals surface area contributed by atoms with E-state index in [-0.39, 0.29) is 5.91 Å². The molecule has 0 aromatic rings. The summed E-state index contributed by atoms with van der Waals surface area (Å²) in [6.07, 6.45) is 2.45. The number of amides is 1. The molecule has 0 atom stereocenters. The molecule has 0 rings (SSSR count). The van der Waals surface area contributed by atoms with Gasteiger partial charge in [0, 0.05) is 20.1 Å². The van der Waals surface area contributed by atoms with Crippen LogP contribution in [0.1, 0.15) is 26.2 Å². The minimum Gasteiger partial charge on any atom is -0.382 e. The summed E-state index contributed by atoms with van der Waals surface area (Å²) in [7, 11) is 1.64. The van der Waals surface area contributed by atoms with Gasteiger partial charge in [0.25, 0.3) is 0 Å². The number of hydrogen-bond acceptors (Lipinski definition) is 13. The number of methoxy groups -OCH3 is 1. The van der Waals surface area contributed by atoms with Gasteiger partial charge in [-0.2, -0.15) is 0 Å². The van der Waals surface area contributed by atoms with Gasteiger partial charge >= 0.3 is 0 Å². The van der Waals surface area contributed by atoms with Crippen molar-refractivity contribution >= 4 is 5.91 Å². The lowest BCUT2D eigenvalue weighted by molar-refractivity contribution is -0.122. The SMILES string of the molecule is CCCCNC(=O)CCOCCOCCOCCOCCOCCOCCOCCOCCOCCOCCOCCOC. The van der Waals surface area contributed by atoms with Gasteiger partial charge in [-0.15, -0.1) is 0 Å². The van der Waals surface area contributed by atoms with Crippen molar-refractivity contribution in [3.8, 4) is 0 Å². The highest BCUT2D eigenvalue weighted by Gasteiger charge is 2.00. The quantitative estimate of drug-likeness (QED) is 0.0958. The average Bonchev–Trinajstić information content (AvgIpc) is 3.03. The number of carbonyl (C=O) groups is 1. The molecular weight excluding hydrogens is 582 g/mol. The van der Waals surface area contributed by atoms with Crippen LogP contribution in [0, 0.1) is 0 Å². The number of ether oxygens (including phenoxy) is 12. The van der Waals surface area contributed by atoms with Gasteiger partial charge in [0.1, 0.15) is 0 Å². The first-order chi connectivity index (χ1) is 21.8. The smallest absolute Gasteiger partial charge is 0.222 e. The summed E-state index contributed by atoms with van der Waals surface area (Å²) < 4.78 is 64.6. The van der Waals surface area contributed by atoms with Crippen LogP contribution in [0.4, 0.5) is 0 Å². The van der Waals surface area contributed by atoms with Crippen LogP contribution in [-0.4, -0.2) is 172 Å². The lowest BCUT2D eigenvalue weighted by Gasteiger charge is -2.09. The van der Waals surface area contributed by atoms with Crippen LogP contribution in [0.5, 0.6) is 0 Å². The van der Waals surface area contributed by atoms with Crippen molar-refractivity contribution in [1.29, 1.82) is 0 Å². The predicted molar refractivity (Wildman–Crippen MR) is 163 cm³/mol. The molecule has 0 aliphatic heterocycles. The molecular formula is C30H61NO13. The Morgan fingerprint density at radius 3 is 0.909 bits per heavy atom. The Hall–Kier alpha value is -1.01. The molecule has 264 valence electrons. The van der Waals surface area contributed by atoms with Crippen LogP contribution in [-0.2, 0) is 61.6 Å². The second-order valence-electron chi connectivity index (χ2n) is 9.18. The van der Waals surface area contributed by atoms with Gasteiger partial charge in [-0.25, -0.2) is 0 Å². The number of carbonyl (C=O) groups excluding carboxylic acids is 1. The van der Waals surface area contributed by atoms with E-state index in [0.29, 0.717) is 158 Å². The Kier molecular flexibility index (Phi) is 39.1. The zero-order valence-electron chi connectivity index (χ0n) is 27.4. The van der Waals surface area contributed by atoms with E-state index in [2.05, 4.69) is 12.2 Å². The highest BCUT2D eigenvalue weighted by Crippen LogP contribution is 1.89. The van der Waals surface area contributed by atoms with Crippen LogP contribution < -0.4 is 5.32 Å². The van der Waals surface area contributed by atoms with Gasteiger partial charge in [-0.05, 0) is 6.42 Å². The summed E-state index contributed by atoms with van der Waals surface area (Å²) in [6.45, 7) is 14.6. The molecule has 0 aromatic carbocycles. The largest absolute Gasteiger partial charge is 0.382 e. The van der Waals surface area contributed by atoms with Crippen LogP contribution in [0.15, 0.2) is 0 Å². The number of hydrogen-bond donors (Lipinski definition) is 1. The summed E-state index contributed by atoms with van der Waals surface area (Å²) >= 11 is 0. The van der Waals surface area contributed by atoms with E-state index >= 15 is 0 Å². The molecule has 0 aromatic heterocycles. The molecule has 1 N–H and O–H groups in total. The van der Waals surface area contributed by atoms with Crippen LogP contribution in [0.2, 0.25) is 0 Å². The normalized spacial score (nSPS) is 11.4. The average molecular weight is 644 g/mol. The highest BCUT2D eigenvalue weighted by molar-refractivity contribution is 5.75. The molecule has 0 aliphatic carbocycles. The van der Waals surface area contributed by atoms with Gasteiger partial charge in [-0.1, -0.05) is 13.3 Å². The Bertz CT molecular complexity index is 549.